The number of thiophene rings is 1. The molecule has 102 valence electrons. The second-order valence-corrected chi connectivity index (χ2v) is 6.07. The van der Waals surface area contributed by atoms with E-state index in [1.165, 1.54) is 17.8 Å². The Balaban J connectivity index is 1.72. The molecule has 2 aromatic rings. The van der Waals surface area contributed by atoms with Gasteiger partial charge in [-0.3, -0.25) is 9.48 Å². The molecule has 19 heavy (non-hydrogen) atoms. The lowest BCUT2D eigenvalue weighted by molar-refractivity contribution is 0.0954. The van der Waals surface area contributed by atoms with Gasteiger partial charge in [0.25, 0.3) is 5.91 Å². The minimum absolute atomic E-state index is 0.0225. The van der Waals surface area contributed by atoms with Crippen LogP contribution in [0.15, 0.2) is 6.07 Å². The molecule has 1 aliphatic rings. The quantitative estimate of drug-likeness (QED) is 0.893. The maximum atomic E-state index is 12.1. The van der Waals surface area contributed by atoms with Crippen LogP contribution >= 0.6 is 11.3 Å². The second-order valence-electron chi connectivity index (χ2n) is 5.04. The van der Waals surface area contributed by atoms with Crippen LogP contribution in [-0.4, -0.2) is 34.8 Å². The number of aryl methyl sites for hydroxylation is 2. The maximum absolute atomic E-state index is 12.1. The van der Waals surface area contributed by atoms with Crippen molar-refractivity contribution in [2.75, 3.05) is 13.1 Å². The number of nitrogens with one attached hydrogen (secondary N) is 2. The molecule has 1 aliphatic heterocycles. The van der Waals surface area contributed by atoms with Gasteiger partial charge < -0.3 is 10.6 Å². The van der Waals surface area contributed by atoms with Crippen molar-refractivity contribution in [1.29, 1.82) is 0 Å². The summed E-state index contributed by atoms with van der Waals surface area (Å²) in [4.78, 5) is 14.0. The molecule has 1 saturated heterocycles. The van der Waals surface area contributed by atoms with E-state index in [9.17, 15) is 4.79 Å². The summed E-state index contributed by atoms with van der Waals surface area (Å²) in [6.07, 6.45) is 2.35. The van der Waals surface area contributed by atoms with E-state index in [0.29, 0.717) is 12.6 Å². The zero-order chi connectivity index (χ0) is 13.4. The fraction of sp³-hybridized carbons (Fsp3) is 0.538. The van der Waals surface area contributed by atoms with Crippen LogP contribution in [0.1, 0.15) is 28.2 Å². The van der Waals surface area contributed by atoms with Crippen molar-refractivity contribution in [3.8, 4) is 0 Å². The van der Waals surface area contributed by atoms with Gasteiger partial charge >= 0.3 is 0 Å². The van der Waals surface area contributed by atoms with E-state index in [1.807, 2.05) is 24.7 Å². The highest BCUT2D eigenvalue weighted by molar-refractivity contribution is 7.20. The standard InChI is InChI=1S/C13H18N4OS/c1-8-10-6-11(19-13(10)17(2)16-8)12(18)15-7-9-4-3-5-14-9/h6,9,14H,3-5,7H2,1-2H3,(H,15,18). The number of nitrogens with zero attached hydrogens (tertiary/aromatic N) is 2. The van der Waals surface area contributed by atoms with Gasteiger partial charge in [0.1, 0.15) is 4.83 Å². The molecule has 3 heterocycles. The van der Waals surface area contributed by atoms with Crippen LogP contribution in [0.25, 0.3) is 10.2 Å². The first-order valence-electron chi connectivity index (χ1n) is 6.60. The highest BCUT2D eigenvalue weighted by Crippen LogP contribution is 2.27. The molecule has 1 unspecified atom stereocenters. The van der Waals surface area contributed by atoms with E-state index in [1.54, 1.807) is 0 Å². The van der Waals surface area contributed by atoms with E-state index < -0.39 is 0 Å². The minimum Gasteiger partial charge on any atom is -0.350 e. The highest BCUT2D eigenvalue weighted by atomic mass is 32.1. The smallest absolute Gasteiger partial charge is 0.261 e. The van der Waals surface area contributed by atoms with Crippen molar-refractivity contribution in [3.05, 3.63) is 16.6 Å². The third kappa shape index (κ3) is 2.37. The summed E-state index contributed by atoms with van der Waals surface area (Å²) in [5.74, 6) is 0.0225. The Morgan fingerprint density at radius 3 is 3.21 bits per heavy atom. The largest absolute Gasteiger partial charge is 0.350 e. The molecule has 1 fully saturated rings. The number of carbonyl (C=O) groups is 1. The van der Waals surface area contributed by atoms with E-state index in [-0.39, 0.29) is 5.91 Å². The Hall–Kier alpha value is -1.40. The summed E-state index contributed by atoms with van der Waals surface area (Å²) in [7, 11) is 1.91. The lowest BCUT2D eigenvalue weighted by atomic mass is 10.2. The van der Waals surface area contributed by atoms with Gasteiger partial charge in [0.05, 0.1) is 10.6 Å². The Morgan fingerprint density at radius 1 is 1.68 bits per heavy atom. The van der Waals surface area contributed by atoms with Gasteiger partial charge in [-0.1, -0.05) is 0 Å². The molecule has 0 radical (unpaired) electrons. The SMILES string of the molecule is Cc1nn(C)c2sc(C(=O)NCC3CCCN3)cc12. The number of aromatic nitrogens is 2. The van der Waals surface area contributed by atoms with Crippen molar-refractivity contribution in [2.24, 2.45) is 7.05 Å². The third-order valence-electron chi connectivity index (χ3n) is 3.59. The van der Waals surface area contributed by atoms with Crippen molar-refractivity contribution < 1.29 is 4.79 Å². The molecule has 1 atom stereocenters. The van der Waals surface area contributed by atoms with Gasteiger partial charge in [-0.15, -0.1) is 11.3 Å². The Kier molecular flexibility index (Phi) is 3.28. The molecule has 6 heteroatoms. The van der Waals surface area contributed by atoms with Crippen LogP contribution in [0.4, 0.5) is 0 Å². The average molecular weight is 278 g/mol. The minimum atomic E-state index is 0.0225. The lowest BCUT2D eigenvalue weighted by Gasteiger charge is -2.10. The van der Waals surface area contributed by atoms with Gasteiger partial charge in [0, 0.05) is 25.0 Å². The van der Waals surface area contributed by atoms with Crippen LogP contribution in [0.3, 0.4) is 0 Å². The molecule has 0 saturated carbocycles. The Bertz CT molecular complexity index is 575. The maximum Gasteiger partial charge on any atom is 0.261 e. The zero-order valence-electron chi connectivity index (χ0n) is 11.2. The van der Waals surface area contributed by atoms with Crippen molar-refractivity contribution >= 4 is 27.5 Å². The topological polar surface area (TPSA) is 59.0 Å². The molecule has 0 bridgehead atoms. The molecule has 0 aliphatic carbocycles. The number of hydrogen-bond donors (Lipinski definition) is 2. The molecule has 1 amide bonds. The highest BCUT2D eigenvalue weighted by Gasteiger charge is 2.18. The van der Waals surface area contributed by atoms with Crippen LogP contribution in [0.5, 0.6) is 0 Å². The van der Waals surface area contributed by atoms with Gasteiger partial charge in [-0.2, -0.15) is 5.10 Å². The summed E-state index contributed by atoms with van der Waals surface area (Å²) in [5, 5.41) is 11.8. The van der Waals surface area contributed by atoms with Gasteiger partial charge in [-0.25, -0.2) is 0 Å². The van der Waals surface area contributed by atoms with Crippen molar-refractivity contribution in [2.45, 2.75) is 25.8 Å². The number of hydrogen-bond acceptors (Lipinski definition) is 4. The number of amides is 1. The van der Waals surface area contributed by atoms with E-state index >= 15 is 0 Å². The van der Waals surface area contributed by atoms with E-state index in [0.717, 1.165) is 33.8 Å². The summed E-state index contributed by atoms with van der Waals surface area (Å²) < 4.78 is 1.84. The number of carbonyl (C=O) groups excluding carboxylic acids is 1. The van der Waals surface area contributed by atoms with Gasteiger partial charge in [0.15, 0.2) is 0 Å². The molecular weight excluding hydrogens is 260 g/mol. The predicted octanol–water partition coefficient (Wildman–Crippen LogP) is 1.43. The monoisotopic (exact) mass is 278 g/mol. The van der Waals surface area contributed by atoms with Crippen LogP contribution < -0.4 is 10.6 Å². The average Bonchev–Trinajstić information content (AvgIpc) is 3.08. The van der Waals surface area contributed by atoms with Crippen LogP contribution in [0, 0.1) is 6.92 Å². The molecule has 3 rings (SSSR count). The third-order valence-corrected chi connectivity index (χ3v) is 4.79. The van der Waals surface area contributed by atoms with Crippen molar-refractivity contribution in [3.63, 3.8) is 0 Å². The summed E-state index contributed by atoms with van der Waals surface area (Å²) in [6.45, 7) is 3.75. The summed E-state index contributed by atoms with van der Waals surface area (Å²) >= 11 is 1.50. The predicted molar refractivity (Wildman–Crippen MR) is 76.7 cm³/mol. The van der Waals surface area contributed by atoms with Crippen molar-refractivity contribution in [1.82, 2.24) is 20.4 Å². The first-order chi connectivity index (χ1) is 9.15. The fourth-order valence-electron chi connectivity index (χ4n) is 2.55. The molecule has 5 nitrogen and oxygen atoms in total. The van der Waals surface area contributed by atoms with Crippen LogP contribution in [-0.2, 0) is 7.05 Å². The fourth-order valence-corrected chi connectivity index (χ4v) is 3.59. The van der Waals surface area contributed by atoms with E-state index in [2.05, 4.69) is 15.7 Å². The summed E-state index contributed by atoms with van der Waals surface area (Å²) in [6, 6.07) is 2.38. The van der Waals surface area contributed by atoms with Gasteiger partial charge in [-0.05, 0) is 32.4 Å². The first-order valence-corrected chi connectivity index (χ1v) is 7.41. The lowest BCUT2D eigenvalue weighted by Crippen LogP contribution is -2.36. The zero-order valence-corrected chi connectivity index (χ0v) is 12.0. The molecule has 2 aromatic heterocycles. The molecule has 0 aromatic carbocycles. The molecular formula is C13H18N4OS. The van der Waals surface area contributed by atoms with Crippen LogP contribution in [0.2, 0.25) is 0 Å². The number of fused-ring (bicyclic) bond motifs is 1. The number of rotatable bonds is 3. The first kappa shape index (κ1) is 12.6. The summed E-state index contributed by atoms with van der Waals surface area (Å²) in [5.41, 5.74) is 0.977. The van der Waals surface area contributed by atoms with E-state index in [4.69, 9.17) is 0 Å². The van der Waals surface area contributed by atoms with Gasteiger partial charge in [0.2, 0.25) is 0 Å². The normalized spacial score (nSPS) is 19.2. The second kappa shape index (κ2) is 4.94. The molecule has 2 N–H and O–H groups in total. The Morgan fingerprint density at radius 2 is 2.53 bits per heavy atom. The molecule has 0 spiro atoms. The Labute approximate surface area is 116 Å².